The highest BCUT2D eigenvalue weighted by Crippen LogP contribution is 2.42. The molecular weight excluding hydrogens is 300 g/mol. The van der Waals surface area contributed by atoms with Gasteiger partial charge in [0.1, 0.15) is 5.37 Å². The summed E-state index contributed by atoms with van der Waals surface area (Å²) in [5.74, 6) is 2.01. The molecule has 2 aromatic rings. The fraction of sp³-hybridized carbons (Fsp3) is 0.188. The molecule has 0 aromatic heterocycles. The highest BCUT2D eigenvalue weighted by atomic mass is 32.2. The van der Waals surface area contributed by atoms with Crippen LogP contribution in [0.1, 0.15) is 10.9 Å². The average Bonchev–Trinajstić information content (AvgIpc) is 3.15. The number of nitrogens with zero attached hydrogens (tertiary/aromatic N) is 1. The summed E-state index contributed by atoms with van der Waals surface area (Å²) in [7, 11) is 0. The third-order valence-electron chi connectivity index (χ3n) is 3.57. The molecular formula is C16H14N2O3S. The van der Waals surface area contributed by atoms with E-state index in [1.54, 1.807) is 16.8 Å². The molecule has 1 N–H and O–H groups in total. The lowest BCUT2D eigenvalue weighted by Crippen LogP contribution is -2.33. The molecule has 0 saturated carbocycles. The van der Waals surface area contributed by atoms with Gasteiger partial charge < -0.3 is 9.47 Å². The van der Waals surface area contributed by atoms with Gasteiger partial charge in [0.2, 0.25) is 6.79 Å². The highest BCUT2D eigenvalue weighted by molar-refractivity contribution is 8.00. The summed E-state index contributed by atoms with van der Waals surface area (Å²) in [4.78, 5) is 12.2. The van der Waals surface area contributed by atoms with E-state index >= 15 is 0 Å². The van der Waals surface area contributed by atoms with E-state index < -0.39 is 0 Å². The Bertz CT molecular complexity index is 708. The minimum Gasteiger partial charge on any atom is -0.454 e. The number of rotatable bonds is 3. The van der Waals surface area contributed by atoms with E-state index in [2.05, 4.69) is 5.43 Å². The Morgan fingerprint density at radius 2 is 1.91 bits per heavy atom. The van der Waals surface area contributed by atoms with Crippen LogP contribution in [0.3, 0.4) is 0 Å². The lowest BCUT2D eigenvalue weighted by atomic mass is 10.2. The lowest BCUT2D eigenvalue weighted by molar-refractivity contribution is -0.126. The Hall–Kier alpha value is -2.34. The van der Waals surface area contributed by atoms with Crippen molar-refractivity contribution < 1.29 is 14.3 Å². The molecule has 0 bridgehead atoms. The van der Waals surface area contributed by atoms with Gasteiger partial charge in [0, 0.05) is 0 Å². The van der Waals surface area contributed by atoms with Crippen molar-refractivity contribution >= 4 is 23.4 Å². The summed E-state index contributed by atoms with van der Waals surface area (Å²) in [6.45, 7) is 0.251. The van der Waals surface area contributed by atoms with E-state index in [9.17, 15) is 4.79 Å². The van der Waals surface area contributed by atoms with Crippen LogP contribution in [0.4, 0.5) is 5.69 Å². The molecule has 1 fully saturated rings. The Morgan fingerprint density at radius 3 is 2.77 bits per heavy atom. The predicted octanol–water partition coefficient (Wildman–Crippen LogP) is 3.02. The van der Waals surface area contributed by atoms with Crippen LogP contribution in [0.25, 0.3) is 0 Å². The molecule has 4 rings (SSSR count). The molecule has 112 valence electrons. The Morgan fingerprint density at radius 1 is 1.09 bits per heavy atom. The maximum Gasteiger partial charge on any atom is 0.252 e. The van der Waals surface area contributed by atoms with Crippen LogP contribution < -0.4 is 14.9 Å². The number of para-hydroxylation sites is 1. The van der Waals surface area contributed by atoms with Crippen LogP contribution >= 0.6 is 11.8 Å². The zero-order valence-corrected chi connectivity index (χ0v) is 12.5. The van der Waals surface area contributed by atoms with Gasteiger partial charge in [-0.25, -0.2) is 5.01 Å². The molecule has 2 aromatic carbocycles. The second-order valence-corrected chi connectivity index (χ2v) is 6.09. The number of amides is 1. The van der Waals surface area contributed by atoms with Crippen LogP contribution in [0.2, 0.25) is 0 Å². The number of thioether (sulfide) groups is 1. The molecule has 0 aliphatic carbocycles. The van der Waals surface area contributed by atoms with Gasteiger partial charge in [0.25, 0.3) is 5.91 Å². The van der Waals surface area contributed by atoms with E-state index in [4.69, 9.17) is 9.47 Å². The number of nitrogens with one attached hydrogen (secondary N) is 1. The summed E-state index contributed by atoms with van der Waals surface area (Å²) in [6.07, 6.45) is 0. The molecule has 6 heteroatoms. The summed E-state index contributed by atoms with van der Waals surface area (Å²) >= 11 is 1.59. The van der Waals surface area contributed by atoms with Crippen molar-refractivity contribution in [3.05, 3.63) is 54.1 Å². The maximum absolute atomic E-state index is 12.2. The minimum absolute atomic E-state index is 0.0662. The molecule has 1 unspecified atom stereocenters. The van der Waals surface area contributed by atoms with Crippen molar-refractivity contribution in [2.24, 2.45) is 0 Å². The molecule has 0 radical (unpaired) electrons. The second-order valence-electron chi connectivity index (χ2n) is 5.02. The number of carbonyl (C=O) groups excluding carboxylic acids is 1. The van der Waals surface area contributed by atoms with E-state index in [1.807, 2.05) is 48.5 Å². The van der Waals surface area contributed by atoms with Gasteiger partial charge in [0.15, 0.2) is 11.5 Å². The fourth-order valence-corrected chi connectivity index (χ4v) is 3.61. The van der Waals surface area contributed by atoms with Gasteiger partial charge in [-0.3, -0.25) is 10.2 Å². The fourth-order valence-electron chi connectivity index (χ4n) is 2.51. The first kappa shape index (κ1) is 13.3. The van der Waals surface area contributed by atoms with Gasteiger partial charge >= 0.3 is 0 Å². The van der Waals surface area contributed by atoms with Gasteiger partial charge in [0.05, 0.1) is 11.4 Å². The van der Waals surface area contributed by atoms with Gasteiger partial charge in [-0.05, 0) is 29.8 Å². The van der Waals surface area contributed by atoms with Crippen molar-refractivity contribution in [1.82, 2.24) is 5.01 Å². The van der Waals surface area contributed by atoms with Crippen molar-refractivity contribution in [3.8, 4) is 11.5 Å². The second kappa shape index (κ2) is 5.46. The average molecular weight is 314 g/mol. The van der Waals surface area contributed by atoms with Crippen LogP contribution in [-0.4, -0.2) is 23.5 Å². The predicted molar refractivity (Wildman–Crippen MR) is 84.7 cm³/mol. The summed E-state index contributed by atoms with van der Waals surface area (Å²) in [6, 6.07) is 15.5. The van der Waals surface area contributed by atoms with Crippen molar-refractivity contribution in [2.75, 3.05) is 18.0 Å². The normalized spacial score (nSPS) is 19.5. The molecule has 0 spiro atoms. The molecule has 1 saturated heterocycles. The van der Waals surface area contributed by atoms with Crippen LogP contribution in [-0.2, 0) is 4.79 Å². The number of hydrogen-bond donors (Lipinski definition) is 1. The zero-order valence-electron chi connectivity index (χ0n) is 11.7. The number of fused-ring (bicyclic) bond motifs is 1. The first-order valence-corrected chi connectivity index (χ1v) is 8.01. The Balaban J connectivity index is 1.61. The molecule has 1 atom stereocenters. The topological polar surface area (TPSA) is 50.8 Å². The standard InChI is InChI=1S/C16H14N2O3S/c19-15-9-22-16(18(15)17-12-4-2-1-3-5-12)11-6-7-13-14(8-11)21-10-20-13/h1-8,16-17H,9-10H2. The Kier molecular flexibility index (Phi) is 3.31. The monoisotopic (exact) mass is 314 g/mol. The van der Waals surface area contributed by atoms with Gasteiger partial charge in [-0.2, -0.15) is 0 Å². The first-order valence-electron chi connectivity index (χ1n) is 6.96. The van der Waals surface area contributed by atoms with Crippen molar-refractivity contribution in [3.63, 3.8) is 0 Å². The smallest absolute Gasteiger partial charge is 0.252 e. The quantitative estimate of drug-likeness (QED) is 0.944. The van der Waals surface area contributed by atoms with E-state index in [0.29, 0.717) is 5.75 Å². The number of ether oxygens (including phenoxy) is 2. The van der Waals surface area contributed by atoms with Crippen molar-refractivity contribution in [1.29, 1.82) is 0 Å². The number of hydrazine groups is 1. The number of carbonyl (C=O) groups is 1. The Labute approximate surface area is 132 Å². The highest BCUT2D eigenvalue weighted by Gasteiger charge is 2.34. The van der Waals surface area contributed by atoms with Crippen LogP contribution in [0.5, 0.6) is 11.5 Å². The van der Waals surface area contributed by atoms with Crippen LogP contribution in [0, 0.1) is 0 Å². The van der Waals surface area contributed by atoms with Crippen LogP contribution in [0.15, 0.2) is 48.5 Å². The largest absolute Gasteiger partial charge is 0.454 e. The molecule has 1 amide bonds. The molecule has 2 aliphatic heterocycles. The molecule has 5 nitrogen and oxygen atoms in total. The third-order valence-corrected chi connectivity index (χ3v) is 4.79. The summed E-state index contributed by atoms with van der Waals surface area (Å²) in [5.41, 5.74) is 5.11. The number of hydrogen-bond acceptors (Lipinski definition) is 5. The van der Waals surface area contributed by atoms with E-state index in [0.717, 1.165) is 22.7 Å². The van der Waals surface area contributed by atoms with Gasteiger partial charge in [-0.15, -0.1) is 11.8 Å². The number of benzene rings is 2. The first-order chi connectivity index (χ1) is 10.8. The van der Waals surface area contributed by atoms with E-state index in [1.165, 1.54) is 0 Å². The molecule has 22 heavy (non-hydrogen) atoms. The minimum atomic E-state index is -0.0813. The summed E-state index contributed by atoms with van der Waals surface area (Å²) < 4.78 is 10.8. The van der Waals surface area contributed by atoms with Gasteiger partial charge in [-0.1, -0.05) is 24.3 Å². The SMILES string of the molecule is O=C1CSC(c2ccc3c(c2)OCO3)N1Nc1ccccc1. The molecule has 2 aliphatic rings. The zero-order chi connectivity index (χ0) is 14.9. The molecule has 2 heterocycles. The van der Waals surface area contributed by atoms with E-state index in [-0.39, 0.29) is 18.1 Å². The number of anilines is 1. The maximum atomic E-state index is 12.2. The third kappa shape index (κ3) is 2.35. The lowest BCUT2D eigenvalue weighted by Gasteiger charge is -2.25. The summed E-state index contributed by atoms with van der Waals surface area (Å²) in [5, 5.41) is 1.60. The van der Waals surface area contributed by atoms with Crippen molar-refractivity contribution in [2.45, 2.75) is 5.37 Å².